The minimum absolute atomic E-state index is 0.192. The first-order valence-corrected chi connectivity index (χ1v) is 9.67. The predicted octanol–water partition coefficient (Wildman–Crippen LogP) is 5.64. The number of anilines is 1. The molecule has 28 heavy (non-hydrogen) atoms. The van der Waals surface area contributed by atoms with Crippen LogP contribution in [0.25, 0.3) is 16.8 Å². The summed E-state index contributed by atoms with van der Waals surface area (Å²) in [5, 5.41) is 14.0. The molecule has 2 heterocycles. The molecule has 0 radical (unpaired) electrons. The van der Waals surface area contributed by atoms with Crippen LogP contribution in [0.2, 0.25) is 0 Å². The summed E-state index contributed by atoms with van der Waals surface area (Å²) in [4.78, 5) is 13.7. The normalized spacial score (nSPS) is 10.4. The van der Waals surface area contributed by atoms with Gasteiger partial charge in [0.15, 0.2) is 0 Å². The summed E-state index contributed by atoms with van der Waals surface area (Å²) < 4.78 is 1.97. The largest absolute Gasteiger partial charge is 0.322 e. The first kappa shape index (κ1) is 17.8. The van der Waals surface area contributed by atoms with Gasteiger partial charge in [0.25, 0.3) is 5.91 Å². The third-order valence-corrected chi connectivity index (χ3v) is 5.38. The number of rotatable bonds is 4. The van der Waals surface area contributed by atoms with Gasteiger partial charge < -0.3 is 9.88 Å². The van der Waals surface area contributed by atoms with E-state index in [-0.39, 0.29) is 5.91 Å². The molecule has 5 heteroatoms. The Morgan fingerprint density at radius 3 is 2.61 bits per heavy atom. The minimum Gasteiger partial charge on any atom is -0.322 e. The number of benzene rings is 2. The van der Waals surface area contributed by atoms with Crippen molar-refractivity contribution in [3.05, 3.63) is 94.4 Å². The number of aryl methyl sites for hydroxylation is 1. The lowest BCUT2D eigenvalue weighted by Gasteiger charge is -2.11. The summed E-state index contributed by atoms with van der Waals surface area (Å²) in [6.07, 6.45) is 3.88. The molecular weight excluding hydrogens is 366 g/mol. The van der Waals surface area contributed by atoms with Gasteiger partial charge in [0.2, 0.25) is 0 Å². The van der Waals surface area contributed by atoms with Gasteiger partial charge in [0, 0.05) is 29.0 Å². The van der Waals surface area contributed by atoms with Crippen LogP contribution in [0.5, 0.6) is 0 Å². The Hall–Kier alpha value is -3.62. The number of amides is 1. The Morgan fingerprint density at radius 2 is 1.86 bits per heavy atom. The molecular formula is C23H17N3OS. The van der Waals surface area contributed by atoms with E-state index in [9.17, 15) is 4.79 Å². The Balaban J connectivity index is 1.77. The van der Waals surface area contributed by atoms with Crippen molar-refractivity contribution in [3.63, 3.8) is 0 Å². The second kappa shape index (κ2) is 7.55. The standard InChI is InChI=1S/C23H17N3OS/c1-16-6-4-8-18(12-16)20-15-28-22(21(20)26-10-2-3-11-26)23(27)25-19-9-5-7-17(13-19)14-24/h2-13,15H,1H3,(H,25,27). The van der Waals surface area contributed by atoms with Gasteiger partial charge in [-0.2, -0.15) is 5.26 Å². The van der Waals surface area contributed by atoms with Crippen LogP contribution in [0.3, 0.4) is 0 Å². The predicted molar refractivity (Wildman–Crippen MR) is 113 cm³/mol. The van der Waals surface area contributed by atoms with Crippen LogP contribution in [0.15, 0.2) is 78.4 Å². The van der Waals surface area contributed by atoms with Crippen molar-refractivity contribution in [3.8, 4) is 22.9 Å². The molecule has 1 N–H and O–H groups in total. The molecule has 0 saturated carbocycles. The number of nitriles is 1. The van der Waals surface area contributed by atoms with Crippen molar-refractivity contribution >= 4 is 22.9 Å². The van der Waals surface area contributed by atoms with E-state index < -0.39 is 0 Å². The van der Waals surface area contributed by atoms with Crippen molar-refractivity contribution < 1.29 is 4.79 Å². The average Bonchev–Trinajstić information content (AvgIpc) is 3.37. The zero-order chi connectivity index (χ0) is 19.5. The molecule has 4 aromatic rings. The molecule has 2 aromatic carbocycles. The maximum absolute atomic E-state index is 13.0. The summed E-state index contributed by atoms with van der Waals surface area (Å²) in [5.74, 6) is -0.192. The number of carbonyl (C=O) groups is 1. The van der Waals surface area contributed by atoms with Crippen molar-refractivity contribution in [2.75, 3.05) is 5.32 Å². The quantitative estimate of drug-likeness (QED) is 0.496. The molecule has 0 atom stereocenters. The van der Waals surface area contributed by atoms with Crippen LogP contribution in [-0.4, -0.2) is 10.5 Å². The molecule has 0 bridgehead atoms. The van der Waals surface area contributed by atoms with Gasteiger partial charge in [0.1, 0.15) is 4.88 Å². The zero-order valence-electron chi connectivity index (χ0n) is 15.2. The second-order valence-corrected chi connectivity index (χ2v) is 7.31. The molecule has 0 aliphatic rings. The van der Waals surface area contributed by atoms with Crippen LogP contribution in [0.4, 0.5) is 5.69 Å². The number of aromatic nitrogens is 1. The fourth-order valence-electron chi connectivity index (χ4n) is 3.12. The molecule has 0 unspecified atom stereocenters. The van der Waals surface area contributed by atoms with Crippen molar-refractivity contribution in [2.45, 2.75) is 6.92 Å². The van der Waals surface area contributed by atoms with Crippen LogP contribution in [0, 0.1) is 18.3 Å². The lowest BCUT2D eigenvalue weighted by Crippen LogP contribution is -2.13. The summed E-state index contributed by atoms with van der Waals surface area (Å²) in [6, 6.07) is 21.1. The Kier molecular flexibility index (Phi) is 4.79. The number of hydrogen-bond donors (Lipinski definition) is 1. The van der Waals surface area contributed by atoms with E-state index in [1.165, 1.54) is 16.9 Å². The van der Waals surface area contributed by atoms with Crippen molar-refractivity contribution in [2.24, 2.45) is 0 Å². The third kappa shape index (κ3) is 3.46. The smallest absolute Gasteiger partial charge is 0.267 e. The SMILES string of the molecule is Cc1cccc(-c2csc(C(=O)Nc3cccc(C#N)c3)c2-n2cccc2)c1. The number of carbonyl (C=O) groups excluding carboxylic acids is 1. The molecule has 4 nitrogen and oxygen atoms in total. The highest BCUT2D eigenvalue weighted by molar-refractivity contribution is 7.13. The van der Waals surface area contributed by atoms with Gasteiger partial charge in [-0.3, -0.25) is 4.79 Å². The highest BCUT2D eigenvalue weighted by Gasteiger charge is 2.20. The highest BCUT2D eigenvalue weighted by Crippen LogP contribution is 2.35. The lowest BCUT2D eigenvalue weighted by atomic mass is 10.0. The fourth-order valence-corrected chi connectivity index (χ4v) is 4.09. The molecule has 0 saturated heterocycles. The lowest BCUT2D eigenvalue weighted by molar-refractivity contribution is 0.103. The van der Waals surface area contributed by atoms with Crippen LogP contribution < -0.4 is 5.32 Å². The van der Waals surface area contributed by atoms with Gasteiger partial charge >= 0.3 is 0 Å². The van der Waals surface area contributed by atoms with Gasteiger partial charge in [-0.15, -0.1) is 11.3 Å². The van der Waals surface area contributed by atoms with E-state index in [1.54, 1.807) is 24.3 Å². The molecule has 0 spiro atoms. The van der Waals surface area contributed by atoms with Crippen LogP contribution in [-0.2, 0) is 0 Å². The summed E-state index contributed by atoms with van der Waals surface area (Å²) in [7, 11) is 0. The molecule has 4 rings (SSSR count). The van der Waals surface area contributed by atoms with E-state index in [4.69, 9.17) is 5.26 Å². The first-order valence-electron chi connectivity index (χ1n) is 8.79. The molecule has 1 amide bonds. The van der Waals surface area contributed by atoms with Gasteiger partial charge in [-0.1, -0.05) is 35.9 Å². The highest BCUT2D eigenvalue weighted by atomic mass is 32.1. The maximum Gasteiger partial charge on any atom is 0.267 e. The van der Waals surface area contributed by atoms with E-state index in [0.29, 0.717) is 16.1 Å². The zero-order valence-corrected chi connectivity index (χ0v) is 16.0. The van der Waals surface area contributed by atoms with E-state index in [1.807, 2.05) is 40.5 Å². The summed E-state index contributed by atoms with van der Waals surface area (Å²) in [5.41, 5.74) is 5.23. The number of nitrogens with zero attached hydrogens (tertiary/aromatic N) is 2. The molecule has 0 aliphatic heterocycles. The van der Waals surface area contributed by atoms with Gasteiger partial charge in [-0.05, 0) is 42.8 Å². The number of hydrogen-bond acceptors (Lipinski definition) is 3. The molecule has 136 valence electrons. The van der Waals surface area contributed by atoms with Crippen LogP contribution >= 0.6 is 11.3 Å². The van der Waals surface area contributed by atoms with Gasteiger partial charge in [-0.25, -0.2) is 0 Å². The maximum atomic E-state index is 13.0. The average molecular weight is 383 g/mol. The summed E-state index contributed by atoms with van der Waals surface area (Å²) >= 11 is 1.41. The summed E-state index contributed by atoms with van der Waals surface area (Å²) in [6.45, 7) is 2.06. The Bertz CT molecular complexity index is 1180. The molecule has 2 aromatic heterocycles. The van der Waals surface area contributed by atoms with Crippen LogP contribution in [0.1, 0.15) is 20.8 Å². The molecule has 0 aliphatic carbocycles. The van der Waals surface area contributed by atoms with Crippen molar-refractivity contribution in [1.29, 1.82) is 5.26 Å². The van der Waals surface area contributed by atoms with E-state index >= 15 is 0 Å². The Labute approximate surface area is 167 Å². The third-order valence-electron chi connectivity index (χ3n) is 4.41. The van der Waals surface area contributed by atoms with E-state index in [2.05, 4.69) is 36.5 Å². The fraction of sp³-hybridized carbons (Fsp3) is 0.0435. The van der Waals surface area contributed by atoms with Crippen molar-refractivity contribution in [1.82, 2.24) is 4.57 Å². The van der Waals surface area contributed by atoms with Gasteiger partial charge in [0.05, 0.1) is 17.3 Å². The molecule has 0 fully saturated rings. The minimum atomic E-state index is -0.192. The first-order chi connectivity index (χ1) is 13.7. The topological polar surface area (TPSA) is 57.8 Å². The second-order valence-electron chi connectivity index (χ2n) is 6.43. The van der Waals surface area contributed by atoms with E-state index in [0.717, 1.165) is 16.8 Å². The number of nitrogens with one attached hydrogen (secondary N) is 1. The monoisotopic (exact) mass is 383 g/mol. The Morgan fingerprint density at radius 1 is 1.07 bits per heavy atom. The number of thiophene rings is 1.